The molecule has 4 nitrogen and oxygen atoms in total. The molecular weight excluding hydrogens is 180 g/mol. The number of benzene rings is 1. The zero-order valence-electron chi connectivity index (χ0n) is 7.50. The highest BCUT2D eigenvalue weighted by atomic mass is 16.6. The minimum atomic E-state index is -0.241. The van der Waals surface area contributed by atoms with E-state index in [2.05, 4.69) is 10.3 Å². The van der Waals surface area contributed by atoms with E-state index in [0.717, 1.165) is 11.3 Å². The summed E-state index contributed by atoms with van der Waals surface area (Å²) in [5.41, 5.74) is 1.93. The number of oxime groups is 2. The summed E-state index contributed by atoms with van der Waals surface area (Å²) < 4.78 is 0. The first-order chi connectivity index (χ1) is 6.90. The molecule has 1 aromatic carbocycles. The third-order valence-electron chi connectivity index (χ3n) is 2.03. The third kappa shape index (κ3) is 1.74. The van der Waals surface area contributed by atoms with Crippen LogP contribution in [0.1, 0.15) is 12.0 Å². The lowest BCUT2D eigenvalue weighted by Gasteiger charge is -1.98. The average Bonchev–Trinajstić information content (AvgIpc) is 2.68. The van der Waals surface area contributed by atoms with E-state index in [4.69, 9.17) is 10.0 Å². The predicted octanol–water partition coefficient (Wildman–Crippen LogP) is 1.64. The second-order valence-corrected chi connectivity index (χ2v) is 3.02. The van der Waals surface area contributed by atoms with E-state index in [-0.39, 0.29) is 6.10 Å². The Bertz CT molecular complexity index is 360. The van der Waals surface area contributed by atoms with Gasteiger partial charge in [-0.25, -0.2) is 0 Å². The van der Waals surface area contributed by atoms with Gasteiger partial charge in [0.15, 0.2) is 6.10 Å². The van der Waals surface area contributed by atoms with Gasteiger partial charge in [-0.3, -0.25) is 0 Å². The largest absolute Gasteiger partial charge is 0.411 e. The van der Waals surface area contributed by atoms with Gasteiger partial charge in [0.05, 0.1) is 11.9 Å². The maximum absolute atomic E-state index is 8.32. The fraction of sp³-hybridized carbons (Fsp3) is 0.200. The van der Waals surface area contributed by atoms with Crippen LogP contribution < -0.4 is 0 Å². The van der Waals surface area contributed by atoms with Crippen LogP contribution in [-0.2, 0) is 4.84 Å². The van der Waals surface area contributed by atoms with Gasteiger partial charge in [0, 0.05) is 6.42 Å². The number of rotatable bonds is 2. The summed E-state index contributed by atoms with van der Waals surface area (Å²) >= 11 is 0. The third-order valence-corrected chi connectivity index (χ3v) is 2.03. The monoisotopic (exact) mass is 190 g/mol. The van der Waals surface area contributed by atoms with Crippen molar-refractivity contribution in [2.75, 3.05) is 0 Å². The summed E-state index contributed by atoms with van der Waals surface area (Å²) in [6, 6.07) is 9.80. The van der Waals surface area contributed by atoms with Crippen LogP contribution in [0.3, 0.4) is 0 Å². The maximum atomic E-state index is 8.32. The van der Waals surface area contributed by atoms with Gasteiger partial charge in [-0.05, 0) is 5.56 Å². The van der Waals surface area contributed by atoms with Crippen LogP contribution in [0.25, 0.3) is 0 Å². The number of nitrogens with zero attached hydrogens (tertiary/aromatic N) is 2. The zero-order chi connectivity index (χ0) is 9.80. The van der Waals surface area contributed by atoms with Gasteiger partial charge in [0.1, 0.15) is 0 Å². The van der Waals surface area contributed by atoms with Gasteiger partial charge < -0.3 is 10.0 Å². The molecule has 1 aliphatic rings. The van der Waals surface area contributed by atoms with Gasteiger partial charge >= 0.3 is 0 Å². The Balaban J connectivity index is 2.09. The first-order valence-corrected chi connectivity index (χ1v) is 4.36. The van der Waals surface area contributed by atoms with Gasteiger partial charge in [-0.2, -0.15) is 0 Å². The van der Waals surface area contributed by atoms with Crippen molar-refractivity contribution < 1.29 is 10.0 Å². The molecule has 0 saturated carbocycles. The van der Waals surface area contributed by atoms with E-state index in [9.17, 15) is 0 Å². The van der Waals surface area contributed by atoms with Crippen molar-refractivity contribution in [3.8, 4) is 0 Å². The quantitative estimate of drug-likeness (QED) is 0.438. The molecule has 1 heterocycles. The second kappa shape index (κ2) is 3.91. The molecule has 0 aromatic heterocycles. The first kappa shape index (κ1) is 8.74. The Labute approximate surface area is 81.5 Å². The van der Waals surface area contributed by atoms with Gasteiger partial charge in [0.25, 0.3) is 0 Å². The molecule has 0 spiro atoms. The van der Waals surface area contributed by atoms with Crippen LogP contribution in [0.4, 0.5) is 0 Å². The summed E-state index contributed by atoms with van der Waals surface area (Å²) in [4.78, 5) is 5.04. The van der Waals surface area contributed by atoms with E-state index >= 15 is 0 Å². The molecule has 0 fully saturated rings. The highest BCUT2D eigenvalue weighted by molar-refractivity contribution is 6.02. The molecule has 0 amide bonds. The van der Waals surface area contributed by atoms with Crippen LogP contribution in [0.2, 0.25) is 0 Å². The molecule has 0 saturated heterocycles. The lowest BCUT2D eigenvalue weighted by molar-refractivity contribution is 0.133. The van der Waals surface area contributed by atoms with Crippen molar-refractivity contribution in [3.05, 3.63) is 35.9 Å². The lowest BCUT2D eigenvalue weighted by atomic mass is 10.1. The van der Waals surface area contributed by atoms with E-state index in [0.29, 0.717) is 6.42 Å². The topological polar surface area (TPSA) is 54.2 Å². The molecule has 2 rings (SSSR count). The van der Waals surface area contributed by atoms with Crippen molar-refractivity contribution in [2.45, 2.75) is 12.5 Å². The van der Waals surface area contributed by atoms with Crippen molar-refractivity contribution in [1.82, 2.24) is 0 Å². The van der Waals surface area contributed by atoms with E-state index in [1.807, 2.05) is 30.3 Å². The van der Waals surface area contributed by atoms with Gasteiger partial charge in [0.2, 0.25) is 0 Å². The fourth-order valence-electron chi connectivity index (χ4n) is 1.35. The zero-order valence-corrected chi connectivity index (χ0v) is 7.50. The molecule has 1 aromatic rings. The van der Waals surface area contributed by atoms with Gasteiger partial charge in [-0.15, -0.1) is 0 Å². The average molecular weight is 190 g/mol. The molecule has 1 atom stereocenters. The Morgan fingerprint density at radius 3 is 2.93 bits per heavy atom. The number of hydrogen-bond donors (Lipinski definition) is 1. The highest BCUT2D eigenvalue weighted by Crippen LogP contribution is 2.14. The van der Waals surface area contributed by atoms with Crippen LogP contribution in [0.5, 0.6) is 0 Å². The molecule has 4 heteroatoms. The van der Waals surface area contributed by atoms with Gasteiger partial charge in [-0.1, -0.05) is 40.6 Å². The van der Waals surface area contributed by atoms with E-state index in [1.165, 1.54) is 6.21 Å². The SMILES string of the molecule is O/N=C/C1CC(c2ccccc2)=NO1. The summed E-state index contributed by atoms with van der Waals surface area (Å²) in [6.07, 6.45) is 1.74. The lowest BCUT2D eigenvalue weighted by Crippen LogP contribution is -2.09. The van der Waals surface area contributed by atoms with Crippen molar-refractivity contribution in [1.29, 1.82) is 0 Å². The minimum absolute atomic E-state index is 0.241. The summed E-state index contributed by atoms with van der Waals surface area (Å²) in [5.74, 6) is 0. The minimum Gasteiger partial charge on any atom is -0.411 e. The molecule has 1 aliphatic heterocycles. The Kier molecular flexibility index (Phi) is 2.44. The first-order valence-electron chi connectivity index (χ1n) is 4.36. The summed E-state index contributed by atoms with van der Waals surface area (Å²) in [7, 11) is 0. The molecule has 1 unspecified atom stereocenters. The van der Waals surface area contributed by atoms with Crippen LogP contribution in [-0.4, -0.2) is 23.2 Å². The summed E-state index contributed by atoms with van der Waals surface area (Å²) in [5, 5.41) is 15.2. The molecule has 72 valence electrons. The smallest absolute Gasteiger partial charge is 0.171 e. The van der Waals surface area contributed by atoms with Crippen LogP contribution in [0.15, 0.2) is 40.6 Å². The highest BCUT2D eigenvalue weighted by Gasteiger charge is 2.20. The predicted molar refractivity (Wildman–Crippen MR) is 52.7 cm³/mol. The Morgan fingerprint density at radius 1 is 1.43 bits per heavy atom. The molecule has 0 aliphatic carbocycles. The number of hydrogen-bond acceptors (Lipinski definition) is 4. The van der Waals surface area contributed by atoms with Crippen LogP contribution in [0, 0.1) is 0 Å². The standard InChI is InChI=1S/C10H10N2O2/c13-11-7-9-6-10(12-14-9)8-4-2-1-3-5-8/h1-5,7,9,13H,6H2/b11-7+. The Hall–Kier alpha value is -1.84. The molecule has 1 N–H and O–H groups in total. The normalized spacial score (nSPS) is 20.9. The Morgan fingerprint density at radius 2 is 2.21 bits per heavy atom. The second-order valence-electron chi connectivity index (χ2n) is 3.02. The van der Waals surface area contributed by atoms with Crippen molar-refractivity contribution >= 4 is 11.9 Å². The van der Waals surface area contributed by atoms with Crippen molar-refractivity contribution in [3.63, 3.8) is 0 Å². The maximum Gasteiger partial charge on any atom is 0.171 e. The van der Waals surface area contributed by atoms with Crippen LogP contribution >= 0.6 is 0 Å². The van der Waals surface area contributed by atoms with E-state index in [1.54, 1.807) is 0 Å². The molecular formula is C10H10N2O2. The molecule has 14 heavy (non-hydrogen) atoms. The van der Waals surface area contributed by atoms with E-state index < -0.39 is 0 Å². The van der Waals surface area contributed by atoms with Crippen molar-refractivity contribution in [2.24, 2.45) is 10.3 Å². The molecule has 0 bridgehead atoms. The molecule has 0 radical (unpaired) electrons. The fourth-order valence-corrected chi connectivity index (χ4v) is 1.35. The summed E-state index contributed by atoms with van der Waals surface area (Å²) in [6.45, 7) is 0.